The molecule has 0 unspecified atom stereocenters. The highest BCUT2D eigenvalue weighted by atomic mass is 16.5. The van der Waals surface area contributed by atoms with Crippen LogP contribution in [0, 0.1) is 0 Å². The summed E-state index contributed by atoms with van der Waals surface area (Å²) < 4.78 is 6.39. The smallest absolute Gasteiger partial charge is 0.360 e. The van der Waals surface area contributed by atoms with Gasteiger partial charge in [-0.1, -0.05) is 44.2 Å². The van der Waals surface area contributed by atoms with Gasteiger partial charge in [0.1, 0.15) is 0 Å². The lowest BCUT2D eigenvalue weighted by atomic mass is 10.0. The molecule has 0 aliphatic carbocycles. The lowest BCUT2D eigenvalue weighted by Gasteiger charge is -2.15. The molecule has 1 amide bonds. The zero-order chi connectivity index (χ0) is 21.1. The molecular formula is C22H23N3O4. The van der Waals surface area contributed by atoms with E-state index in [4.69, 9.17) is 4.74 Å². The summed E-state index contributed by atoms with van der Waals surface area (Å²) in [4.78, 5) is 37.2. The number of carbonyl (C=O) groups excluding carboxylic acids is 2. The van der Waals surface area contributed by atoms with E-state index in [1.807, 2.05) is 24.3 Å². The molecule has 0 saturated heterocycles. The van der Waals surface area contributed by atoms with Crippen LogP contribution in [0.4, 0.5) is 5.69 Å². The second kappa shape index (κ2) is 8.26. The van der Waals surface area contributed by atoms with E-state index in [9.17, 15) is 14.4 Å². The first kappa shape index (κ1) is 20.3. The molecule has 0 spiro atoms. The van der Waals surface area contributed by atoms with Crippen LogP contribution >= 0.6 is 0 Å². The van der Waals surface area contributed by atoms with E-state index in [-0.39, 0.29) is 11.3 Å². The fourth-order valence-electron chi connectivity index (χ4n) is 2.92. The van der Waals surface area contributed by atoms with E-state index in [0.717, 1.165) is 10.2 Å². The minimum Gasteiger partial charge on any atom is -0.448 e. The van der Waals surface area contributed by atoms with E-state index in [1.165, 1.54) is 14.0 Å². The number of carbonyl (C=O) groups is 2. The van der Waals surface area contributed by atoms with E-state index in [0.29, 0.717) is 22.4 Å². The summed E-state index contributed by atoms with van der Waals surface area (Å²) >= 11 is 0. The highest BCUT2D eigenvalue weighted by Gasteiger charge is 2.23. The largest absolute Gasteiger partial charge is 0.448 e. The van der Waals surface area contributed by atoms with Gasteiger partial charge in [0.15, 0.2) is 11.8 Å². The minimum atomic E-state index is -1.04. The number of hydrogen-bond donors (Lipinski definition) is 1. The van der Waals surface area contributed by atoms with Crippen molar-refractivity contribution >= 4 is 28.3 Å². The minimum absolute atomic E-state index is 0.0105. The van der Waals surface area contributed by atoms with Gasteiger partial charge in [-0.3, -0.25) is 9.59 Å². The average Bonchev–Trinajstić information content (AvgIpc) is 2.71. The Kier molecular flexibility index (Phi) is 5.77. The molecule has 7 nitrogen and oxygen atoms in total. The molecule has 2 aromatic carbocycles. The number of esters is 1. The molecule has 29 heavy (non-hydrogen) atoms. The van der Waals surface area contributed by atoms with E-state index in [2.05, 4.69) is 24.3 Å². The average molecular weight is 393 g/mol. The maximum atomic E-state index is 12.6. The number of hydrogen-bond acceptors (Lipinski definition) is 5. The topological polar surface area (TPSA) is 90.3 Å². The fourth-order valence-corrected chi connectivity index (χ4v) is 2.92. The van der Waals surface area contributed by atoms with Crippen LogP contribution in [0.25, 0.3) is 10.8 Å². The number of rotatable bonds is 5. The predicted octanol–water partition coefficient (Wildman–Crippen LogP) is 3.24. The number of aromatic nitrogens is 2. The molecule has 1 atom stereocenters. The second-order valence-electron chi connectivity index (χ2n) is 7.14. The molecular weight excluding hydrogens is 370 g/mol. The van der Waals surface area contributed by atoms with Crippen LogP contribution in [0.3, 0.4) is 0 Å². The van der Waals surface area contributed by atoms with Crippen molar-refractivity contribution in [1.29, 1.82) is 0 Å². The van der Waals surface area contributed by atoms with Gasteiger partial charge in [0, 0.05) is 18.1 Å². The maximum Gasteiger partial charge on any atom is 0.360 e. The number of fused-ring (bicyclic) bond motifs is 1. The summed E-state index contributed by atoms with van der Waals surface area (Å²) in [6.07, 6.45) is -1.04. The number of nitrogens with one attached hydrogen (secondary N) is 1. The van der Waals surface area contributed by atoms with Crippen molar-refractivity contribution in [2.45, 2.75) is 32.8 Å². The Bertz CT molecular complexity index is 1120. The first-order chi connectivity index (χ1) is 13.8. The number of ether oxygens (including phenoxy) is 1. The maximum absolute atomic E-state index is 12.6. The van der Waals surface area contributed by atoms with E-state index >= 15 is 0 Å². The molecule has 0 aliphatic rings. The van der Waals surface area contributed by atoms with Gasteiger partial charge in [0.05, 0.1) is 5.39 Å². The zero-order valence-corrected chi connectivity index (χ0v) is 16.8. The zero-order valence-electron chi connectivity index (χ0n) is 16.8. The first-order valence-corrected chi connectivity index (χ1v) is 9.35. The highest BCUT2D eigenvalue weighted by molar-refractivity contribution is 6.03. The van der Waals surface area contributed by atoms with Gasteiger partial charge in [-0.05, 0) is 36.6 Å². The molecule has 1 N–H and O–H groups in total. The van der Waals surface area contributed by atoms with Gasteiger partial charge in [0.2, 0.25) is 0 Å². The summed E-state index contributed by atoms with van der Waals surface area (Å²) in [7, 11) is 1.46. The molecule has 0 radical (unpaired) electrons. The molecule has 0 bridgehead atoms. The monoisotopic (exact) mass is 393 g/mol. The molecule has 3 aromatic rings. The summed E-state index contributed by atoms with van der Waals surface area (Å²) in [6.45, 7) is 5.67. The number of amides is 1. The highest BCUT2D eigenvalue weighted by Crippen LogP contribution is 2.18. The van der Waals surface area contributed by atoms with Gasteiger partial charge < -0.3 is 10.1 Å². The third-order valence-electron chi connectivity index (χ3n) is 4.65. The van der Waals surface area contributed by atoms with Crippen molar-refractivity contribution in [2.75, 3.05) is 5.32 Å². The van der Waals surface area contributed by atoms with Gasteiger partial charge in [-0.25, -0.2) is 9.48 Å². The SMILES string of the molecule is CC(C)c1ccc(NC(=O)[C@@H](C)OC(=O)c2nn(C)c(=O)c3ccccc23)cc1. The lowest BCUT2D eigenvalue weighted by Crippen LogP contribution is -2.31. The van der Waals surface area contributed by atoms with Crippen molar-refractivity contribution in [2.24, 2.45) is 7.05 Å². The van der Waals surface area contributed by atoms with Crippen LogP contribution < -0.4 is 10.9 Å². The van der Waals surface area contributed by atoms with Gasteiger partial charge in [-0.15, -0.1) is 0 Å². The first-order valence-electron chi connectivity index (χ1n) is 9.35. The van der Waals surface area contributed by atoms with Crippen LogP contribution in [0.15, 0.2) is 53.3 Å². The van der Waals surface area contributed by atoms with Crippen LogP contribution in [-0.2, 0) is 16.6 Å². The third-order valence-corrected chi connectivity index (χ3v) is 4.65. The normalized spacial score (nSPS) is 12.0. The standard InChI is InChI=1S/C22H23N3O4/c1-13(2)15-9-11-16(12-10-15)23-20(26)14(3)29-22(28)19-17-7-5-6-8-18(17)21(27)25(4)24-19/h5-14H,1-4H3,(H,23,26)/t14-/m1/s1. The van der Waals surface area contributed by atoms with Crippen molar-refractivity contribution < 1.29 is 14.3 Å². The molecule has 1 aromatic heterocycles. The Morgan fingerprint density at radius 3 is 2.24 bits per heavy atom. The second-order valence-corrected chi connectivity index (χ2v) is 7.14. The fraction of sp³-hybridized carbons (Fsp3) is 0.273. The Morgan fingerprint density at radius 1 is 1.00 bits per heavy atom. The number of aryl methyl sites for hydroxylation is 1. The number of benzene rings is 2. The Morgan fingerprint density at radius 2 is 1.62 bits per heavy atom. The van der Waals surface area contributed by atoms with Crippen LogP contribution in [-0.4, -0.2) is 27.8 Å². The third kappa shape index (κ3) is 4.34. The molecule has 7 heteroatoms. The van der Waals surface area contributed by atoms with Crippen molar-refractivity contribution in [3.05, 3.63) is 70.1 Å². The quantitative estimate of drug-likeness (QED) is 0.672. The van der Waals surface area contributed by atoms with E-state index in [1.54, 1.807) is 24.3 Å². The van der Waals surface area contributed by atoms with Crippen molar-refractivity contribution in [3.8, 4) is 0 Å². The van der Waals surface area contributed by atoms with Gasteiger partial charge in [0.25, 0.3) is 11.5 Å². The molecule has 1 heterocycles. The molecule has 0 fully saturated rings. The number of nitrogens with zero attached hydrogens (tertiary/aromatic N) is 2. The van der Waals surface area contributed by atoms with Crippen molar-refractivity contribution in [3.63, 3.8) is 0 Å². The summed E-state index contributed by atoms with van der Waals surface area (Å²) in [5.74, 6) is -0.830. The van der Waals surface area contributed by atoms with Gasteiger partial charge >= 0.3 is 5.97 Å². The van der Waals surface area contributed by atoms with Crippen LogP contribution in [0.5, 0.6) is 0 Å². The summed E-state index contributed by atoms with van der Waals surface area (Å²) in [6, 6.07) is 14.2. The molecule has 150 valence electrons. The molecule has 3 rings (SSSR count). The Balaban J connectivity index is 1.75. The molecule has 0 aliphatic heterocycles. The number of anilines is 1. The Hall–Kier alpha value is -3.48. The van der Waals surface area contributed by atoms with Crippen LogP contribution in [0.1, 0.15) is 42.7 Å². The van der Waals surface area contributed by atoms with Crippen LogP contribution in [0.2, 0.25) is 0 Å². The predicted molar refractivity (Wildman–Crippen MR) is 111 cm³/mol. The molecule has 0 saturated carbocycles. The lowest BCUT2D eigenvalue weighted by molar-refractivity contribution is -0.123. The summed E-state index contributed by atoms with van der Waals surface area (Å²) in [5.41, 5.74) is 1.46. The van der Waals surface area contributed by atoms with Crippen molar-refractivity contribution in [1.82, 2.24) is 9.78 Å². The van der Waals surface area contributed by atoms with E-state index < -0.39 is 18.0 Å². The van der Waals surface area contributed by atoms with Gasteiger partial charge in [-0.2, -0.15) is 5.10 Å². The Labute approximate surface area is 168 Å². The summed E-state index contributed by atoms with van der Waals surface area (Å²) in [5, 5.41) is 7.50.